The molecule has 0 radical (unpaired) electrons. The van der Waals surface area contributed by atoms with Gasteiger partial charge >= 0.3 is 5.97 Å². The molecular formula is C22H22N4O6S. The van der Waals surface area contributed by atoms with E-state index in [4.69, 9.17) is 9.47 Å². The zero-order valence-corrected chi connectivity index (χ0v) is 18.8. The molecule has 1 aromatic heterocycles. The van der Waals surface area contributed by atoms with E-state index >= 15 is 0 Å². The van der Waals surface area contributed by atoms with Crippen LogP contribution in [0.3, 0.4) is 0 Å². The standard InChI is InChI=1S/C22H22N4O6S/c1-3-31-20-18(15-8-5-4-6-9-15)13-23-22(25-20)24-19(27)14-32-21(28)16-10-7-11-17(12-16)26-33(2,29)30/h4-13,26H,3,14H2,1-2H3,(H,23,24,25,27). The Labute approximate surface area is 191 Å². The molecule has 0 aliphatic rings. The summed E-state index contributed by atoms with van der Waals surface area (Å²) in [5, 5.41) is 2.46. The molecule has 0 saturated heterocycles. The van der Waals surface area contributed by atoms with Crippen LogP contribution in [-0.4, -0.2) is 49.7 Å². The van der Waals surface area contributed by atoms with Crippen molar-refractivity contribution in [2.24, 2.45) is 0 Å². The van der Waals surface area contributed by atoms with Crippen molar-refractivity contribution < 1.29 is 27.5 Å². The monoisotopic (exact) mass is 470 g/mol. The molecular weight excluding hydrogens is 448 g/mol. The number of aromatic nitrogens is 2. The molecule has 0 saturated carbocycles. The third-order valence-electron chi connectivity index (χ3n) is 4.11. The lowest BCUT2D eigenvalue weighted by molar-refractivity contribution is -0.119. The van der Waals surface area contributed by atoms with Crippen molar-refractivity contribution in [3.63, 3.8) is 0 Å². The largest absolute Gasteiger partial charge is 0.477 e. The summed E-state index contributed by atoms with van der Waals surface area (Å²) in [5.74, 6) is -1.14. The summed E-state index contributed by atoms with van der Waals surface area (Å²) in [7, 11) is -3.50. The predicted octanol–water partition coefficient (Wildman–Crippen LogP) is 2.71. The van der Waals surface area contributed by atoms with E-state index in [2.05, 4.69) is 20.0 Å². The molecule has 3 rings (SSSR count). The van der Waals surface area contributed by atoms with Crippen LogP contribution in [0.25, 0.3) is 11.1 Å². The molecule has 2 aromatic carbocycles. The van der Waals surface area contributed by atoms with Crippen molar-refractivity contribution in [3.05, 3.63) is 66.4 Å². The van der Waals surface area contributed by atoms with Gasteiger partial charge in [-0.3, -0.25) is 14.8 Å². The van der Waals surface area contributed by atoms with E-state index in [0.717, 1.165) is 11.8 Å². The number of hydrogen-bond donors (Lipinski definition) is 2. The van der Waals surface area contributed by atoms with Gasteiger partial charge in [-0.25, -0.2) is 18.2 Å². The van der Waals surface area contributed by atoms with Gasteiger partial charge in [0, 0.05) is 11.9 Å². The van der Waals surface area contributed by atoms with Crippen LogP contribution in [-0.2, 0) is 19.6 Å². The first kappa shape index (κ1) is 23.7. The second-order valence-electron chi connectivity index (χ2n) is 6.79. The van der Waals surface area contributed by atoms with Crippen LogP contribution in [0.1, 0.15) is 17.3 Å². The maximum atomic E-state index is 12.2. The van der Waals surface area contributed by atoms with Crippen LogP contribution in [0.2, 0.25) is 0 Å². The molecule has 0 spiro atoms. The van der Waals surface area contributed by atoms with Gasteiger partial charge in [-0.2, -0.15) is 4.98 Å². The number of carbonyl (C=O) groups excluding carboxylic acids is 2. The number of nitrogens with one attached hydrogen (secondary N) is 2. The SMILES string of the molecule is CCOc1nc(NC(=O)COC(=O)c2cccc(NS(C)(=O)=O)c2)ncc1-c1ccccc1. The van der Waals surface area contributed by atoms with Crippen LogP contribution < -0.4 is 14.8 Å². The molecule has 1 heterocycles. The zero-order valence-electron chi connectivity index (χ0n) is 17.9. The van der Waals surface area contributed by atoms with Gasteiger partial charge in [0.15, 0.2) is 6.61 Å². The summed E-state index contributed by atoms with van der Waals surface area (Å²) < 4.78 is 35.5. The van der Waals surface area contributed by atoms with Crippen molar-refractivity contribution in [3.8, 4) is 17.0 Å². The van der Waals surface area contributed by atoms with E-state index in [-0.39, 0.29) is 17.2 Å². The normalized spacial score (nSPS) is 10.8. The Morgan fingerprint density at radius 1 is 1.06 bits per heavy atom. The zero-order chi connectivity index (χ0) is 23.8. The highest BCUT2D eigenvalue weighted by Crippen LogP contribution is 2.28. The van der Waals surface area contributed by atoms with E-state index in [9.17, 15) is 18.0 Å². The topological polar surface area (TPSA) is 137 Å². The highest BCUT2D eigenvalue weighted by Gasteiger charge is 2.15. The third-order valence-corrected chi connectivity index (χ3v) is 4.71. The number of hydrogen-bond acceptors (Lipinski definition) is 8. The van der Waals surface area contributed by atoms with Crippen molar-refractivity contribution in [2.45, 2.75) is 6.92 Å². The third kappa shape index (κ3) is 7.01. The fourth-order valence-electron chi connectivity index (χ4n) is 2.79. The molecule has 0 fully saturated rings. The average Bonchev–Trinajstić information content (AvgIpc) is 2.77. The molecule has 0 atom stereocenters. The minimum Gasteiger partial charge on any atom is -0.477 e. The van der Waals surface area contributed by atoms with E-state index in [1.165, 1.54) is 30.5 Å². The van der Waals surface area contributed by atoms with Gasteiger partial charge in [-0.1, -0.05) is 36.4 Å². The fraction of sp³-hybridized carbons (Fsp3) is 0.182. The Bertz CT molecular complexity index is 1250. The van der Waals surface area contributed by atoms with Crippen LogP contribution in [0.15, 0.2) is 60.8 Å². The van der Waals surface area contributed by atoms with Gasteiger partial charge in [0.05, 0.1) is 24.0 Å². The quantitative estimate of drug-likeness (QED) is 0.456. The van der Waals surface area contributed by atoms with E-state index in [0.29, 0.717) is 18.1 Å². The van der Waals surface area contributed by atoms with Crippen LogP contribution in [0.4, 0.5) is 11.6 Å². The van der Waals surface area contributed by atoms with Gasteiger partial charge in [-0.15, -0.1) is 0 Å². The average molecular weight is 471 g/mol. The smallest absolute Gasteiger partial charge is 0.338 e. The van der Waals surface area contributed by atoms with Gasteiger partial charge < -0.3 is 9.47 Å². The molecule has 0 bridgehead atoms. The maximum absolute atomic E-state index is 12.2. The lowest BCUT2D eigenvalue weighted by Gasteiger charge is -2.11. The van der Waals surface area contributed by atoms with Crippen LogP contribution >= 0.6 is 0 Å². The molecule has 2 N–H and O–H groups in total. The number of ether oxygens (including phenoxy) is 2. The Kier molecular flexibility index (Phi) is 7.57. The van der Waals surface area contributed by atoms with Gasteiger partial charge in [-0.05, 0) is 30.7 Å². The highest BCUT2D eigenvalue weighted by molar-refractivity contribution is 7.92. The predicted molar refractivity (Wildman–Crippen MR) is 122 cm³/mol. The molecule has 172 valence electrons. The van der Waals surface area contributed by atoms with E-state index in [1.54, 1.807) is 0 Å². The number of sulfonamides is 1. The highest BCUT2D eigenvalue weighted by atomic mass is 32.2. The summed E-state index contributed by atoms with van der Waals surface area (Å²) in [5.41, 5.74) is 1.81. The van der Waals surface area contributed by atoms with Crippen LogP contribution in [0.5, 0.6) is 5.88 Å². The summed E-state index contributed by atoms with van der Waals surface area (Å²) in [4.78, 5) is 32.8. The molecule has 33 heavy (non-hydrogen) atoms. The lowest BCUT2D eigenvalue weighted by atomic mass is 10.1. The van der Waals surface area contributed by atoms with Gasteiger partial charge in [0.1, 0.15) is 0 Å². The summed E-state index contributed by atoms with van der Waals surface area (Å²) in [6.07, 6.45) is 2.53. The molecule has 0 aliphatic carbocycles. The number of carbonyl (C=O) groups is 2. The molecule has 3 aromatic rings. The Hall–Kier alpha value is -3.99. The van der Waals surface area contributed by atoms with Gasteiger partial charge in [0.2, 0.25) is 21.9 Å². The summed E-state index contributed by atoms with van der Waals surface area (Å²) in [6, 6.07) is 15.1. The number of esters is 1. The molecule has 0 unspecified atom stereocenters. The first-order valence-electron chi connectivity index (χ1n) is 9.85. The van der Waals surface area contributed by atoms with E-state index in [1.807, 2.05) is 37.3 Å². The van der Waals surface area contributed by atoms with Crippen molar-refractivity contribution in [1.29, 1.82) is 0 Å². The second kappa shape index (κ2) is 10.6. The first-order valence-corrected chi connectivity index (χ1v) is 11.7. The Balaban J connectivity index is 1.63. The Morgan fingerprint density at radius 2 is 1.82 bits per heavy atom. The van der Waals surface area contributed by atoms with Crippen molar-refractivity contribution >= 4 is 33.5 Å². The lowest BCUT2D eigenvalue weighted by Crippen LogP contribution is -2.22. The molecule has 1 amide bonds. The first-order chi connectivity index (χ1) is 15.7. The number of amides is 1. The Morgan fingerprint density at radius 3 is 2.52 bits per heavy atom. The number of benzene rings is 2. The van der Waals surface area contributed by atoms with Gasteiger partial charge in [0.25, 0.3) is 5.91 Å². The van der Waals surface area contributed by atoms with Crippen LogP contribution in [0, 0.1) is 0 Å². The summed E-state index contributed by atoms with van der Waals surface area (Å²) in [6.45, 7) is 1.60. The maximum Gasteiger partial charge on any atom is 0.338 e. The summed E-state index contributed by atoms with van der Waals surface area (Å²) >= 11 is 0. The molecule has 10 nitrogen and oxygen atoms in total. The minimum atomic E-state index is -3.50. The van der Waals surface area contributed by atoms with Crippen molar-refractivity contribution in [1.82, 2.24) is 9.97 Å². The number of nitrogens with zero attached hydrogens (tertiary/aromatic N) is 2. The minimum absolute atomic E-state index is 0.00136. The van der Waals surface area contributed by atoms with E-state index < -0.39 is 28.5 Å². The molecule has 11 heteroatoms. The van der Waals surface area contributed by atoms with Crippen molar-refractivity contribution in [2.75, 3.05) is 29.5 Å². The second-order valence-corrected chi connectivity index (χ2v) is 8.54. The fourth-order valence-corrected chi connectivity index (χ4v) is 3.34. The molecule has 0 aliphatic heterocycles. The number of rotatable bonds is 9. The number of anilines is 2.